The van der Waals surface area contributed by atoms with Crippen molar-refractivity contribution in [1.29, 1.82) is 0 Å². The van der Waals surface area contributed by atoms with Crippen molar-refractivity contribution in [2.24, 2.45) is 5.92 Å². The Bertz CT molecular complexity index is 767. The van der Waals surface area contributed by atoms with E-state index in [4.69, 9.17) is 9.47 Å². The molecular weight excluding hydrogens is 348 g/mol. The quantitative estimate of drug-likeness (QED) is 0.828. The molecule has 4 atom stereocenters. The lowest BCUT2D eigenvalue weighted by atomic mass is 9.90. The van der Waals surface area contributed by atoms with E-state index < -0.39 is 0 Å². The summed E-state index contributed by atoms with van der Waals surface area (Å²) in [6.07, 6.45) is 5.47. The second kappa shape index (κ2) is 8.14. The van der Waals surface area contributed by atoms with Crippen molar-refractivity contribution in [1.82, 2.24) is 10.2 Å². The van der Waals surface area contributed by atoms with Crippen LogP contribution in [0.2, 0.25) is 0 Å². The monoisotopic (exact) mass is 378 g/mol. The summed E-state index contributed by atoms with van der Waals surface area (Å²) in [5, 5.41) is 3.67. The molecule has 1 N–H and O–H groups in total. The largest absolute Gasteiger partial charge is 0.486 e. The molecule has 0 spiro atoms. The van der Waals surface area contributed by atoms with Gasteiger partial charge in [0.2, 0.25) is 0 Å². The molecule has 0 aromatic heterocycles. The van der Waals surface area contributed by atoms with Gasteiger partial charge in [0.1, 0.15) is 12.7 Å². The smallest absolute Gasteiger partial charge is 0.161 e. The molecule has 2 aromatic rings. The van der Waals surface area contributed by atoms with Crippen LogP contribution in [0.4, 0.5) is 0 Å². The summed E-state index contributed by atoms with van der Waals surface area (Å²) >= 11 is 0. The van der Waals surface area contributed by atoms with Gasteiger partial charge in [-0.1, -0.05) is 42.5 Å². The molecule has 0 aliphatic carbocycles. The Morgan fingerprint density at radius 3 is 2.36 bits per heavy atom. The summed E-state index contributed by atoms with van der Waals surface area (Å²) < 4.78 is 11.9. The molecule has 148 valence electrons. The minimum absolute atomic E-state index is 0.102. The fraction of sp³-hybridized carbons (Fsp3) is 0.500. The number of nitrogens with zero attached hydrogens (tertiary/aromatic N) is 1. The molecule has 28 heavy (non-hydrogen) atoms. The third-order valence-corrected chi connectivity index (χ3v) is 6.56. The molecule has 0 saturated carbocycles. The zero-order valence-electron chi connectivity index (χ0n) is 16.4. The Morgan fingerprint density at radius 1 is 0.857 bits per heavy atom. The Labute approximate surface area is 167 Å². The molecule has 3 aliphatic heterocycles. The Hall–Kier alpha value is -2.04. The second-order valence-electron chi connectivity index (χ2n) is 8.54. The van der Waals surface area contributed by atoms with Crippen LogP contribution in [0.15, 0.2) is 54.6 Å². The summed E-state index contributed by atoms with van der Waals surface area (Å²) in [4.78, 5) is 2.76. The van der Waals surface area contributed by atoms with Crippen molar-refractivity contribution in [2.75, 3.05) is 19.7 Å². The van der Waals surface area contributed by atoms with Gasteiger partial charge in [0, 0.05) is 25.2 Å². The Kier molecular flexibility index (Phi) is 5.24. The van der Waals surface area contributed by atoms with Crippen molar-refractivity contribution >= 4 is 0 Å². The molecule has 2 bridgehead atoms. The topological polar surface area (TPSA) is 33.7 Å². The number of para-hydroxylation sites is 2. The first kappa shape index (κ1) is 18.0. The predicted molar refractivity (Wildman–Crippen MR) is 111 cm³/mol. The zero-order valence-corrected chi connectivity index (χ0v) is 16.4. The number of nitrogens with one attached hydrogen (secondary N) is 1. The average Bonchev–Trinajstić information content (AvgIpc) is 2.96. The molecule has 0 radical (unpaired) electrons. The number of hydrogen-bond acceptors (Lipinski definition) is 4. The normalized spacial score (nSPS) is 29.0. The van der Waals surface area contributed by atoms with Gasteiger partial charge in [-0.25, -0.2) is 0 Å². The van der Waals surface area contributed by atoms with E-state index in [-0.39, 0.29) is 6.10 Å². The Morgan fingerprint density at radius 2 is 1.57 bits per heavy atom. The molecular formula is C24H30N2O2. The van der Waals surface area contributed by atoms with Gasteiger partial charge < -0.3 is 14.8 Å². The first-order valence-corrected chi connectivity index (χ1v) is 10.7. The summed E-state index contributed by atoms with van der Waals surface area (Å²) in [6.45, 7) is 3.69. The van der Waals surface area contributed by atoms with Crippen molar-refractivity contribution in [2.45, 2.75) is 50.4 Å². The van der Waals surface area contributed by atoms with E-state index in [0.29, 0.717) is 6.61 Å². The van der Waals surface area contributed by atoms with Gasteiger partial charge >= 0.3 is 0 Å². The van der Waals surface area contributed by atoms with Gasteiger partial charge in [0.15, 0.2) is 11.5 Å². The standard InChI is InChI=1S/C24H30N2O2/c1-2-6-18(7-3-1)16-26-20-10-11-21(26)13-19(12-20)14-25-15-22-17-27-23-8-4-5-9-24(23)28-22/h1-9,19-22,25H,10-17H2/t19?,20-,21+,22?. The summed E-state index contributed by atoms with van der Waals surface area (Å²) in [5.41, 5.74) is 1.45. The van der Waals surface area contributed by atoms with Crippen LogP contribution in [-0.2, 0) is 6.54 Å². The van der Waals surface area contributed by atoms with E-state index in [1.807, 2.05) is 24.3 Å². The maximum atomic E-state index is 6.06. The number of piperidine rings is 1. The lowest BCUT2D eigenvalue weighted by molar-refractivity contribution is 0.0799. The number of ether oxygens (including phenoxy) is 2. The molecule has 2 fully saturated rings. The second-order valence-corrected chi connectivity index (χ2v) is 8.54. The molecule has 3 heterocycles. The number of benzene rings is 2. The van der Waals surface area contributed by atoms with Crippen molar-refractivity contribution in [3.05, 3.63) is 60.2 Å². The number of hydrogen-bond donors (Lipinski definition) is 1. The Balaban J connectivity index is 1.09. The molecule has 4 nitrogen and oxygen atoms in total. The van der Waals surface area contributed by atoms with Crippen molar-refractivity contribution in [3.63, 3.8) is 0 Å². The van der Waals surface area contributed by atoms with Crippen LogP contribution in [0.3, 0.4) is 0 Å². The number of fused-ring (bicyclic) bond motifs is 3. The van der Waals surface area contributed by atoms with Gasteiger partial charge in [0.05, 0.1) is 0 Å². The molecule has 2 unspecified atom stereocenters. The zero-order chi connectivity index (χ0) is 18.8. The highest BCUT2D eigenvalue weighted by Gasteiger charge is 2.40. The van der Waals surface area contributed by atoms with E-state index >= 15 is 0 Å². The molecule has 2 aromatic carbocycles. The van der Waals surface area contributed by atoms with E-state index in [2.05, 4.69) is 40.5 Å². The van der Waals surface area contributed by atoms with Gasteiger partial charge in [0.25, 0.3) is 0 Å². The van der Waals surface area contributed by atoms with Gasteiger partial charge in [-0.3, -0.25) is 4.90 Å². The predicted octanol–water partition coefficient (Wildman–Crippen LogP) is 3.86. The lowest BCUT2D eigenvalue weighted by Crippen LogP contribution is -2.46. The van der Waals surface area contributed by atoms with Crippen LogP contribution < -0.4 is 14.8 Å². The fourth-order valence-electron chi connectivity index (χ4n) is 5.22. The van der Waals surface area contributed by atoms with Crippen molar-refractivity contribution < 1.29 is 9.47 Å². The minimum atomic E-state index is 0.102. The molecule has 4 heteroatoms. The highest BCUT2D eigenvalue weighted by atomic mass is 16.6. The molecule has 5 rings (SSSR count). The van der Waals surface area contributed by atoms with Crippen LogP contribution in [0.25, 0.3) is 0 Å². The highest BCUT2D eigenvalue weighted by molar-refractivity contribution is 5.40. The summed E-state index contributed by atoms with van der Waals surface area (Å²) in [6, 6.07) is 20.4. The molecule has 3 aliphatic rings. The molecule has 0 amide bonds. The lowest BCUT2D eigenvalue weighted by Gasteiger charge is -2.39. The van der Waals surface area contributed by atoms with E-state index in [1.54, 1.807) is 0 Å². The van der Waals surface area contributed by atoms with Crippen LogP contribution >= 0.6 is 0 Å². The van der Waals surface area contributed by atoms with Gasteiger partial charge in [-0.15, -0.1) is 0 Å². The molecule has 2 saturated heterocycles. The van der Waals surface area contributed by atoms with Crippen LogP contribution in [0.5, 0.6) is 11.5 Å². The van der Waals surface area contributed by atoms with Crippen molar-refractivity contribution in [3.8, 4) is 11.5 Å². The highest BCUT2D eigenvalue weighted by Crippen LogP contribution is 2.39. The number of rotatable bonds is 6. The third kappa shape index (κ3) is 3.89. The van der Waals surface area contributed by atoms with Crippen LogP contribution in [0, 0.1) is 5.92 Å². The maximum absolute atomic E-state index is 6.06. The third-order valence-electron chi connectivity index (χ3n) is 6.56. The summed E-state index contributed by atoms with van der Waals surface area (Å²) in [7, 11) is 0. The first-order chi connectivity index (χ1) is 13.8. The van der Waals surface area contributed by atoms with E-state index in [9.17, 15) is 0 Å². The maximum Gasteiger partial charge on any atom is 0.161 e. The fourth-order valence-corrected chi connectivity index (χ4v) is 5.22. The summed E-state index contributed by atoms with van der Waals surface area (Å²) in [5.74, 6) is 2.51. The van der Waals surface area contributed by atoms with Crippen LogP contribution in [-0.4, -0.2) is 42.8 Å². The van der Waals surface area contributed by atoms with Gasteiger partial charge in [-0.2, -0.15) is 0 Å². The van der Waals surface area contributed by atoms with E-state index in [0.717, 1.165) is 49.1 Å². The minimum Gasteiger partial charge on any atom is -0.486 e. The average molecular weight is 379 g/mol. The van der Waals surface area contributed by atoms with Gasteiger partial charge in [-0.05, 0) is 55.8 Å². The first-order valence-electron chi connectivity index (χ1n) is 10.7. The SMILES string of the molecule is c1ccc(CN2[C@@H]3CC[C@H]2CC(CNCC2COc4ccccc4O2)C3)cc1. The van der Waals surface area contributed by atoms with Crippen LogP contribution in [0.1, 0.15) is 31.2 Å². The van der Waals surface area contributed by atoms with E-state index in [1.165, 1.54) is 31.2 Å².